The number of nitrogens with one attached hydrogen (secondary N) is 3. The van der Waals surface area contributed by atoms with Crippen LogP contribution in [0.5, 0.6) is 0 Å². The van der Waals surface area contributed by atoms with Gasteiger partial charge in [0.05, 0.1) is 25.0 Å². The summed E-state index contributed by atoms with van der Waals surface area (Å²) in [7, 11) is 2.93. The molecule has 2 rings (SSSR count). The normalized spacial score (nSPS) is 28.2. The van der Waals surface area contributed by atoms with Crippen molar-refractivity contribution >= 4 is 51.2 Å². The molecule has 2 aliphatic rings. The van der Waals surface area contributed by atoms with Crippen molar-refractivity contribution in [3.8, 4) is 0 Å². The quantitative estimate of drug-likeness (QED) is 0.216. The number of carbonyl (C=O) groups is 5. The minimum atomic E-state index is -1.24. The summed E-state index contributed by atoms with van der Waals surface area (Å²) >= 11 is 0. The van der Waals surface area contributed by atoms with Gasteiger partial charge in [0.15, 0.2) is 0 Å². The number of hydrogen-bond donors (Lipinski definition) is 4. The van der Waals surface area contributed by atoms with Gasteiger partial charge in [-0.05, 0) is 45.6 Å². The number of ether oxygens (including phenoxy) is 2. The Bertz CT molecular complexity index is 921. The summed E-state index contributed by atoms with van der Waals surface area (Å²) in [5, 5.41) is 18.9. The summed E-state index contributed by atoms with van der Waals surface area (Å²) in [6, 6.07) is -2.91. The molecule has 0 aromatic carbocycles. The Balaban J connectivity index is 2.42. The summed E-state index contributed by atoms with van der Waals surface area (Å²) in [5.41, 5.74) is -0.713. The van der Waals surface area contributed by atoms with E-state index in [0.717, 1.165) is 0 Å². The van der Waals surface area contributed by atoms with Crippen LogP contribution in [-0.2, 0) is 33.4 Å². The highest BCUT2D eigenvalue weighted by atomic mass is 33.1. The Labute approximate surface area is 237 Å². The van der Waals surface area contributed by atoms with Gasteiger partial charge in [0, 0.05) is 17.9 Å². The maximum atomic E-state index is 13.4. The molecule has 0 saturated carbocycles. The number of hydrogen-bond acceptors (Lipinski definition) is 10. The summed E-state index contributed by atoms with van der Waals surface area (Å²) in [5.74, 6) is -2.29. The Morgan fingerprint density at radius 1 is 1.10 bits per heavy atom. The highest BCUT2D eigenvalue weighted by Gasteiger charge is 2.34. The largest absolute Gasteiger partial charge is 0.460 e. The average Bonchev–Trinajstić information content (AvgIpc) is 2.81. The van der Waals surface area contributed by atoms with Gasteiger partial charge in [-0.1, -0.05) is 41.5 Å². The van der Waals surface area contributed by atoms with E-state index < -0.39 is 65.6 Å². The van der Waals surface area contributed by atoms with E-state index in [4.69, 9.17) is 9.47 Å². The number of carbonyl (C=O) groups excluding carboxylic acids is 5. The number of esters is 2. The van der Waals surface area contributed by atoms with E-state index in [1.54, 1.807) is 40.7 Å². The lowest BCUT2D eigenvalue weighted by Gasteiger charge is -2.29. The maximum Gasteiger partial charge on any atom is 0.309 e. The van der Waals surface area contributed by atoms with E-state index in [1.165, 1.54) is 21.6 Å². The SMILES string of the molecule is CC(C)[C@H]1NC(=O)[C@H]2CSSCCC=C[C@H](CC(=O)N[C@H](CCC(=O)OC(C)(C)C)C(=O)N2)OC(=O)C[C@@H]1O. The van der Waals surface area contributed by atoms with Gasteiger partial charge in [0.25, 0.3) is 0 Å². The average molecular weight is 588 g/mol. The van der Waals surface area contributed by atoms with Gasteiger partial charge in [-0.15, -0.1) is 0 Å². The fraction of sp³-hybridized carbons (Fsp3) is 0.731. The topological polar surface area (TPSA) is 160 Å². The van der Waals surface area contributed by atoms with E-state index in [1.807, 2.05) is 6.08 Å². The third kappa shape index (κ3) is 12.2. The lowest BCUT2D eigenvalue weighted by atomic mass is 9.96. The molecule has 39 heavy (non-hydrogen) atoms. The van der Waals surface area contributed by atoms with Crippen LogP contribution in [0.3, 0.4) is 0 Å². The van der Waals surface area contributed by atoms with E-state index >= 15 is 0 Å². The molecule has 0 unspecified atom stereocenters. The molecule has 11 nitrogen and oxygen atoms in total. The predicted octanol–water partition coefficient (Wildman–Crippen LogP) is 1.63. The molecule has 4 N–H and O–H groups in total. The van der Waals surface area contributed by atoms with Crippen LogP contribution in [0.25, 0.3) is 0 Å². The summed E-state index contributed by atoms with van der Waals surface area (Å²) in [6.45, 7) is 8.78. The van der Waals surface area contributed by atoms with Crippen LogP contribution in [0.1, 0.15) is 66.7 Å². The van der Waals surface area contributed by atoms with Crippen molar-refractivity contribution < 1.29 is 38.6 Å². The summed E-state index contributed by atoms with van der Waals surface area (Å²) in [4.78, 5) is 64.6. The van der Waals surface area contributed by atoms with Crippen molar-refractivity contribution in [3.05, 3.63) is 12.2 Å². The second kappa shape index (κ2) is 15.5. The first-order valence-corrected chi connectivity index (χ1v) is 15.6. The summed E-state index contributed by atoms with van der Waals surface area (Å²) in [6.07, 6.45) is 1.07. The van der Waals surface area contributed by atoms with Crippen molar-refractivity contribution in [2.24, 2.45) is 5.92 Å². The minimum Gasteiger partial charge on any atom is -0.460 e. The number of amides is 3. The predicted molar refractivity (Wildman–Crippen MR) is 150 cm³/mol. The van der Waals surface area contributed by atoms with Gasteiger partial charge in [-0.2, -0.15) is 0 Å². The lowest BCUT2D eigenvalue weighted by Crippen LogP contribution is -2.58. The van der Waals surface area contributed by atoms with E-state index in [2.05, 4.69) is 16.0 Å². The monoisotopic (exact) mass is 587 g/mol. The van der Waals surface area contributed by atoms with Gasteiger partial charge in [-0.3, -0.25) is 24.0 Å². The number of fused-ring (bicyclic) bond motifs is 7. The van der Waals surface area contributed by atoms with Crippen LogP contribution in [0.4, 0.5) is 0 Å². The molecule has 0 aromatic heterocycles. The molecule has 1 saturated heterocycles. The third-order valence-corrected chi connectivity index (χ3v) is 8.31. The molecule has 0 radical (unpaired) electrons. The molecular weight excluding hydrogens is 546 g/mol. The van der Waals surface area contributed by atoms with Crippen molar-refractivity contribution in [2.45, 2.75) is 103 Å². The van der Waals surface area contributed by atoms with Crippen LogP contribution >= 0.6 is 21.6 Å². The van der Waals surface area contributed by atoms with E-state index in [9.17, 15) is 29.1 Å². The third-order valence-electron chi connectivity index (χ3n) is 5.87. The van der Waals surface area contributed by atoms with Crippen LogP contribution in [0, 0.1) is 5.92 Å². The molecular formula is C26H41N3O8S2. The smallest absolute Gasteiger partial charge is 0.309 e. The van der Waals surface area contributed by atoms with Crippen molar-refractivity contribution in [3.63, 3.8) is 0 Å². The van der Waals surface area contributed by atoms with E-state index in [-0.39, 0.29) is 37.4 Å². The fourth-order valence-electron chi connectivity index (χ4n) is 3.99. The van der Waals surface area contributed by atoms with Crippen molar-refractivity contribution in [1.82, 2.24) is 16.0 Å². The van der Waals surface area contributed by atoms with Crippen molar-refractivity contribution in [2.75, 3.05) is 11.5 Å². The second-order valence-corrected chi connectivity index (χ2v) is 13.5. The zero-order chi connectivity index (χ0) is 29.2. The Kier molecular flexibility index (Phi) is 13.1. The molecule has 2 aliphatic heterocycles. The van der Waals surface area contributed by atoms with Gasteiger partial charge >= 0.3 is 11.9 Å². The minimum absolute atomic E-state index is 0.0592. The first-order chi connectivity index (χ1) is 18.2. The molecule has 5 atom stereocenters. The zero-order valence-corrected chi connectivity index (χ0v) is 24.8. The summed E-state index contributed by atoms with van der Waals surface area (Å²) < 4.78 is 10.8. The Morgan fingerprint density at radius 2 is 1.82 bits per heavy atom. The molecule has 220 valence electrons. The van der Waals surface area contributed by atoms with Crippen LogP contribution in [0.2, 0.25) is 0 Å². The number of aliphatic hydroxyl groups is 1. The molecule has 2 heterocycles. The van der Waals surface area contributed by atoms with Crippen LogP contribution in [-0.4, -0.2) is 82.2 Å². The van der Waals surface area contributed by atoms with Gasteiger partial charge in [0.2, 0.25) is 17.7 Å². The molecule has 0 aromatic rings. The molecule has 13 heteroatoms. The zero-order valence-electron chi connectivity index (χ0n) is 23.2. The van der Waals surface area contributed by atoms with E-state index in [0.29, 0.717) is 12.2 Å². The van der Waals surface area contributed by atoms with Crippen LogP contribution < -0.4 is 16.0 Å². The molecule has 2 bridgehead atoms. The number of rotatable bonds is 4. The highest BCUT2D eigenvalue weighted by Crippen LogP contribution is 2.24. The van der Waals surface area contributed by atoms with Gasteiger partial charge < -0.3 is 30.5 Å². The first kappa shape index (κ1) is 33.0. The molecule has 0 aliphatic carbocycles. The van der Waals surface area contributed by atoms with Crippen molar-refractivity contribution in [1.29, 1.82) is 0 Å². The highest BCUT2D eigenvalue weighted by molar-refractivity contribution is 8.76. The number of allylic oxidation sites excluding steroid dienone is 1. The number of aliphatic hydroxyl groups excluding tert-OH is 1. The molecule has 0 spiro atoms. The Hall–Kier alpha value is -2.25. The lowest BCUT2D eigenvalue weighted by molar-refractivity contribution is -0.155. The Morgan fingerprint density at radius 3 is 2.49 bits per heavy atom. The fourth-order valence-corrected chi connectivity index (χ4v) is 6.15. The van der Waals surface area contributed by atoms with Gasteiger partial charge in [-0.25, -0.2) is 0 Å². The maximum absolute atomic E-state index is 13.4. The second-order valence-electron chi connectivity index (χ2n) is 10.9. The first-order valence-electron chi connectivity index (χ1n) is 13.2. The standard InChI is InChI=1S/C26H41N3O8S2/c1-15(2)23-19(30)13-22(33)36-16-8-6-7-11-38-39-14-18(25(35)29-23)28-24(34)17(27-20(31)12-16)9-10-21(32)37-26(3,4)5/h6,8,15-19,23,30H,7,9-14H2,1-5H3,(H,27,31)(H,28,34)(H,29,35)/t16-,17-,18-,19+,23-/m1/s1. The molecule has 3 amide bonds. The van der Waals surface area contributed by atoms with Crippen LogP contribution in [0.15, 0.2) is 12.2 Å². The molecule has 1 fully saturated rings. The van der Waals surface area contributed by atoms with Gasteiger partial charge in [0.1, 0.15) is 23.8 Å².